The minimum Gasteiger partial charge on any atom is -0.496 e. The predicted molar refractivity (Wildman–Crippen MR) is 76.1 cm³/mol. The summed E-state index contributed by atoms with van der Waals surface area (Å²) < 4.78 is 7.24. The quantitative estimate of drug-likeness (QED) is 0.843. The maximum Gasteiger partial charge on any atom is 0.185 e. The van der Waals surface area contributed by atoms with E-state index in [2.05, 4.69) is 22.4 Å². The summed E-state index contributed by atoms with van der Waals surface area (Å²) in [7, 11) is 1.62. The van der Waals surface area contributed by atoms with E-state index in [-0.39, 0.29) is 0 Å². The summed E-state index contributed by atoms with van der Waals surface area (Å²) in [4.78, 5) is 0. The summed E-state index contributed by atoms with van der Waals surface area (Å²) in [5, 5.41) is 12.1. The van der Waals surface area contributed by atoms with Crippen molar-refractivity contribution in [2.45, 2.75) is 26.3 Å². The van der Waals surface area contributed by atoms with E-state index in [0.29, 0.717) is 17.4 Å². The topological polar surface area (TPSA) is 78.8 Å². The molecule has 0 amide bonds. The van der Waals surface area contributed by atoms with Gasteiger partial charge in [-0.2, -0.15) is 0 Å². The summed E-state index contributed by atoms with van der Waals surface area (Å²) in [6.07, 6.45) is 2.65. The minimum atomic E-state index is 0.594. The average molecular weight is 273 g/mol. The molecule has 1 fully saturated rings. The van der Waals surface area contributed by atoms with Gasteiger partial charge in [0.25, 0.3) is 0 Å². The fourth-order valence-electron chi connectivity index (χ4n) is 2.50. The SMILES string of the molecule is COc1cc(N)ccc1-c1nnnn1CC(C)C1CC1. The van der Waals surface area contributed by atoms with Crippen LogP contribution >= 0.6 is 0 Å². The second-order valence-corrected chi connectivity index (χ2v) is 5.46. The first-order chi connectivity index (χ1) is 9.69. The van der Waals surface area contributed by atoms with Crippen molar-refractivity contribution >= 4 is 5.69 Å². The Labute approximate surface area is 117 Å². The monoisotopic (exact) mass is 273 g/mol. The molecule has 20 heavy (non-hydrogen) atoms. The highest BCUT2D eigenvalue weighted by Gasteiger charge is 2.29. The maximum atomic E-state index is 5.78. The van der Waals surface area contributed by atoms with Gasteiger partial charge in [0.05, 0.1) is 12.7 Å². The molecule has 1 aromatic carbocycles. The molecule has 1 atom stereocenters. The van der Waals surface area contributed by atoms with Crippen molar-refractivity contribution in [3.8, 4) is 17.1 Å². The van der Waals surface area contributed by atoms with Crippen LogP contribution in [0, 0.1) is 11.8 Å². The summed E-state index contributed by atoms with van der Waals surface area (Å²) >= 11 is 0. The zero-order valence-corrected chi connectivity index (χ0v) is 11.8. The van der Waals surface area contributed by atoms with Crippen molar-refractivity contribution in [2.24, 2.45) is 11.8 Å². The Morgan fingerprint density at radius 3 is 2.95 bits per heavy atom. The van der Waals surface area contributed by atoms with Gasteiger partial charge in [0.1, 0.15) is 5.75 Å². The van der Waals surface area contributed by atoms with E-state index in [9.17, 15) is 0 Å². The molecule has 3 rings (SSSR count). The third-order valence-corrected chi connectivity index (χ3v) is 3.89. The largest absolute Gasteiger partial charge is 0.496 e. The van der Waals surface area contributed by atoms with Crippen LogP contribution in [0.25, 0.3) is 11.4 Å². The van der Waals surface area contributed by atoms with Gasteiger partial charge in [-0.25, -0.2) is 4.68 Å². The van der Waals surface area contributed by atoms with Crippen molar-refractivity contribution in [1.82, 2.24) is 20.2 Å². The van der Waals surface area contributed by atoms with Gasteiger partial charge in [0, 0.05) is 18.3 Å². The van der Waals surface area contributed by atoms with Crippen LogP contribution < -0.4 is 10.5 Å². The third-order valence-electron chi connectivity index (χ3n) is 3.89. The number of aromatic nitrogens is 4. The van der Waals surface area contributed by atoms with Crippen LogP contribution in [0.2, 0.25) is 0 Å². The van der Waals surface area contributed by atoms with Crippen molar-refractivity contribution in [2.75, 3.05) is 12.8 Å². The molecule has 0 aliphatic heterocycles. The first kappa shape index (κ1) is 12.9. The van der Waals surface area contributed by atoms with Gasteiger partial charge in [0.15, 0.2) is 5.82 Å². The fraction of sp³-hybridized carbons (Fsp3) is 0.500. The zero-order chi connectivity index (χ0) is 14.1. The lowest BCUT2D eigenvalue weighted by Gasteiger charge is -2.13. The van der Waals surface area contributed by atoms with Crippen LogP contribution in [0.5, 0.6) is 5.75 Å². The van der Waals surface area contributed by atoms with Crippen LogP contribution in [0.3, 0.4) is 0 Å². The summed E-state index contributed by atoms with van der Waals surface area (Å²) in [6.45, 7) is 3.09. The van der Waals surface area contributed by atoms with Crippen molar-refractivity contribution < 1.29 is 4.74 Å². The molecule has 1 saturated carbocycles. The lowest BCUT2D eigenvalue weighted by Crippen LogP contribution is -2.12. The van der Waals surface area contributed by atoms with Gasteiger partial charge < -0.3 is 10.5 Å². The molecule has 0 saturated heterocycles. The average Bonchev–Trinajstić information content (AvgIpc) is 3.20. The van der Waals surface area contributed by atoms with Gasteiger partial charge in [0.2, 0.25) is 0 Å². The number of rotatable bonds is 5. The molecule has 106 valence electrons. The van der Waals surface area contributed by atoms with Gasteiger partial charge >= 0.3 is 0 Å². The van der Waals surface area contributed by atoms with E-state index in [4.69, 9.17) is 10.5 Å². The van der Waals surface area contributed by atoms with Gasteiger partial charge in [-0.1, -0.05) is 6.92 Å². The Balaban J connectivity index is 1.92. The van der Waals surface area contributed by atoms with Crippen molar-refractivity contribution in [3.63, 3.8) is 0 Å². The molecule has 0 spiro atoms. The van der Waals surface area contributed by atoms with Crippen molar-refractivity contribution in [3.05, 3.63) is 18.2 Å². The lowest BCUT2D eigenvalue weighted by molar-refractivity contribution is 0.399. The number of ether oxygens (including phenoxy) is 1. The summed E-state index contributed by atoms with van der Waals surface area (Å²) in [6, 6.07) is 5.53. The highest BCUT2D eigenvalue weighted by atomic mass is 16.5. The van der Waals surface area contributed by atoms with Crippen LogP contribution in [0.1, 0.15) is 19.8 Å². The second-order valence-electron chi connectivity index (χ2n) is 5.46. The molecule has 6 nitrogen and oxygen atoms in total. The normalized spacial score (nSPS) is 16.1. The first-order valence-electron chi connectivity index (χ1n) is 6.89. The Morgan fingerprint density at radius 2 is 2.25 bits per heavy atom. The number of nitrogens with zero attached hydrogens (tertiary/aromatic N) is 4. The van der Waals surface area contributed by atoms with E-state index >= 15 is 0 Å². The summed E-state index contributed by atoms with van der Waals surface area (Å²) in [5.74, 6) is 2.84. The van der Waals surface area contributed by atoms with Crippen molar-refractivity contribution in [1.29, 1.82) is 0 Å². The highest BCUT2D eigenvalue weighted by Crippen LogP contribution is 2.38. The molecule has 1 aliphatic rings. The smallest absolute Gasteiger partial charge is 0.185 e. The van der Waals surface area contributed by atoms with E-state index in [1.807, 2.05) is 16.8 Å². The highest BCUT2D eigenvalue weighted by molar-refractivity contribution is 5.67. The molecule has 1 aliphatic carbocycles. The second kappa shape index (κ2) is 5.11. The number of hydrogen-bond acceptors (Lipinski definition) is 5. The Hall–Kier alpha value is -2.11. The lowest BCUT2D eigenvalue weighted by atomic mass is 10.1. The molecule has 1 aromatic heterocycles. The molecule has 0 bridgehead atoms. The molecule has 1 heterocycles. The van der Waals surface area contributed by atoms with E-state index < -0.39 is 0 Å². The maximum absolute atomic E-state index is 5.78. The molecular weight excluding hydrogens is 254 g/mol. The molecular formula is C14H19N5O. The van der Waals surface area contributed by atoms with E-state index in [0.717, 1.165) is 23.9 Å². The van der Waals surface area contributed by atoms with Gasteiger partial charge in [-0.15, -0.1) is 5.10 Å². The minimum absolute atomic E-state index is 0.594. The zero-order valence-electron chi connectivity index (χ0n) is 11.8. The van der Waals surface area contributed by atoms with Crippen LogP contribution in [-0.4, -0.2) is 27.3 Å². The van der Waals surface area contributed by atoms with Crippen LogP contribution in [-0.2, 0) is 6.54 Å². The summed E-state index contributed by atoms with van der Waals surface area (Å²) in [5.41, 5.74) is 7.32. The molecule has 2 aromatic rings. The van der Waals surface area contributed by atoms with Crippen LogP contribution in [0.4, 0.5) is 5.69 Å². The number of nitrogens with two attached hydrogens (primary N) is 1. The molecule has 6 heteroatoms. The number of benzene rings is 1. The number of hydrogen-bond donors (Lipinski definition) is 1. The predicted octanol–water partition coefficient (Wildman–Crippen LogP) is 1.98. The third kappa shape index (κ3) is 2.45. The Bertz CT molecular complexity index is 605. The first-order valence-corrected chi connectivity index (χ1v) is 6.89. The van der Waals surface area contributed by atoms with Crippen LogP contribution in [0.15, 0.2) is 18.2 Å². The Kier molecular flexibility index (Phi) is 3.30. The number of methoxy groups -OCH3 is 1. The molecule has 1 unspecified atom stereocenters. The molecule has 2 N–H and O–H groups in total. The van der Waals surface area contributed by atoms with Gasteiger partial charge in [-0.05, 0) is 47.2 Å². The fourth-order valence-corrected chi connectivity index (χ4v) is 2.50. The van der Waals surface area contributed by atoms with E-state index in [1.54, 1.807) is 13.2 Å². The number of anilines is 1. The number of nitrogen functional groups attached to an aromatic ring is 1. The van der Waals surface area contributed by atoms with E-state index in [1.165, 1.54) is 12.8 Å². The Morgan fingerprint density at radius 1 is 1.45 bits per heavy atom. The van der Waals surface area contributed by atoms with Gasteiger partial charge in [-0.3, -0.25) is 0 Å². The molecule has 0 radical (unpaired) electrons. The standard InChI is InChI=1S/C14H19N5O/c1-9(10-3-4-10)8-19-14(16-17-18-19)12-6-5-11(15)7-13(12)20-2/h5-7,9-10H,3-4,8,15H2,1-2H3. The number of tetrazole rings is 1.